The van der Waals surface area contributed by atoms with Gasteiger partial charge in [-0.15, -0.1) is 0 Å². The molecule has 1 N–H and O–H groups in total. The van der Waals surface area contributed by atoms with Crippen LogP contribution < -0.4 is 5.32 Å². The van der Waals surface area contributed by atoms with Crippen LogP contribution in [0.15, 0.2) is 24.3 Å². The summed E-state index contributed by atoms with van der Waals surface area (Å²) in [5, 5.41) is 2.66. The Morgan fingerprint density at radius 1 is 1.29 bits per heavy atom. The zero-order valence-electron chi connectivity index (χ0n) is 11.6. The second kappa shape index (κ2) is 6.34. The molecule has 1 aromatic carbocycles. The third kappa shape index (κ3) is 3.87. The predicted molar refractivity (Wildman–Crippen MR) is 71.9 cm³/mol. The smallest absolute Gasteiger partial charge is 0.378 e. The van der Waals surface area contributed by atoms with Gasteiger partial charge in [0.25, 0.3) is 0 Å². The van der Waals surface area contributed by atoms with Crippen molar-refractivity contribution >= 4 is 11.6 Å². The van der Waals surface area contributed by atoms with Crippen LogP contribution in [0.1, 0.15) is 12.5 Å². The number of alkyl halides is 3. The summed E-state index contributed by atoms with van der Waals surface area (Å²) in [7, 11) is 0. The number of rotatable bonds is 3. The number of carbonyl (C=O) groups is 1. The van der Waals surface area contributed by atoms with Gasteiger partial charge in [-0.25, -0.2) is 0 Å². The summed E-state index contributed by atoms with van der Waals surface area (Å²) in [6.45, 7) is 3.40. The first-order chi connectivity index (χ1) is 9.89. The quantitative estimate of drug-likeness (QED) is 0.932. The molecule has 0 radical (unpaired) electrons. The Bertz CT molecular complexity index is 499. The Morgan fingerprint density at radius 2 is 1.90 bits per heavy atom. The molecule has 7 heteroatoms. The van der Waals surface area contributed by atoms with E-state index >= 15 is 0 Å². The number of carbonyl (C=O) groups excluding carboxylic acids is 1. The molecule has 1 saturated heterocycles. The van der Waals surface area contributed by atoms with Gasteiger partial charge in [-0.05, 0) is 19.1 Å². The van der Waals surface area contributed by atoms with Crippen LogP contribution >= 0.6 is 0 Å². The molecule has 2 rings (SSSR count). The summed E-state index contributed by atoms with van der Waals surface area (Å²) in [4.78, 5) is 13.8. The first kappa shape index (κ1) is 15.6. The van der Waals surface area contributed by atoms with Crippen LogP contribution in [-0.2, 0) is 15.7 Å². The monoisotopic (exact) mass is 302 g/mol. The lowest BCUT2D eigenvalue weighted by atomic mass is 10.1. The van der Waals surface area contributed by atoms with E-state index in [1.54, 1.807) is 11.8 Å². The van der Waals surface area contributed by atoms with E-state index in [0.29, 0.717) is 26.3 Å². The van der Waals surface area contributed by atoms with Crippen LogP contribution in [0, 0.1) is 0 Å². The number of amides is 1. The number of para-hydroxylation sites is 1. The zero-order valence-corrected chi connectivity index (χ0v) is 11.6. The summed E-state index contributed by atoms with van der Waals surface area (Å²) in [6, 6.07) is 4.41. The maximum absolute atomic E-state index is 12.9. The van der Waals surface area contributed by atoms with E-state index in [2.05, 4.69) is 5.32 Å². The topological polar surface area (TPSA) is 41.6 Å². The molecule has 0 aromatic heterocycles. The van der Waals surface area contributed by atoms with Crippen molar-refractivity contribution in [1.29, 1.82) is 0 Å². The number of ether oxygens (including phenoxy) is 1. The van der Waals surface area contributed by atoms with Gasteiger partial charge in [0.2, 0.25) is 5.91 Å². The highest BCUT2D eigenvalue weighted by atomic mass is 19.4. The zero-order chi connectivity index (χ0) is 15.5. The molecular weight excluding hydrogens is 285 g/mol. The number of nitrogens with one attached hydrogen (secondary N) is 1. The van der Waals surface area contributed by atoms with Gasteiger partial charge < -0.3 is 15.0 Å². The summed E-state index contributed by atoms with van der Waals surface area (Å²) in [6.07, 6.45) is -4.45. The van der Waals surface area contributed by atoms with E-state index in [1.807, 2.05) is 0 Å². The molecule has 116 valence electrons. The lowest BCUT2D eigenvalue weighted by Crippen LogP contribution is -2.47. The van der Waals surface area contributed by atoms with E-state index in [9.17, 15) is 18.0 Å². The van der Waals surface area contributed by atoms with Gasteiger partial charge in [-0.2, -0.15) is 13.2 Å². The Balaban J connectivity index is 2.09. The number of hydrogen-bond acceptors (Lipinski definition) is 3. The van der Waals surface area contributed by atoms with Crippen LogP contribution in [-0.4, -0.2) is 43.2 Å². The maximum Gasteiger partial charge on any atom is 0.418 e. The fourth-order valence-electron chi connectivity index (χ4n) is 2.21. The fourth-order valence-corrected chi connectivity index (χ4v) is 2.21. The van der Waals surface area contributed by atoms with Crippen molar-refractivity contribution in [1.82, 2.24) is 4.90 Å². The largest absolute Gasteiger partial charge is 0.418 e. The van der Waals surface area contributed by atoms with Gasteiger partial charge >= 0.3 is 6.18 Å². The Hall–Kier alpha value is -1.76. The molecule has 21 heavy (non-hydrogen) atoms. The first-order valence-electron chi connectivity index (χ1n) is 6.69. The van der Waals surface area contributed by atoms with E-state index < -0.39 is 17.8 Å². The van der Waals surface area contributed by atoms with Gasteiger partial charge in [0.05, 0.1) is 18.8 Å². The second-order valence-electron chi connectivity index (χ2n) is 4.85. The molecular formula is C14H17F3N2O2. The van der Waals surface area contributed by atoms with Crippen LogP contribution in [0.4, 0.5) is 18.9 Å². The van der Waals surface area contributed by atoms with E-state index in [0.717, 1.165) is 6.07 Å². The van der Waals surface area contributed by atoms with Crippen molar-refractivity contribution in [3.63, 3.8) is 0 Å². The average Bonchev–Trinajstić information content (AvgIpc) is 2.47. The lowest BCUT2D eigenvalue weighted by molar-refractivity contribution is -0.138. The summed E-state index contributed by atoms with van der Waals surface area (Å²) in [5.74, 6) is -0.227. The minimum atomic E-state index is -4.45. The van der Waals surface area contributed by atoms with Gasteiger partial charge in [0.15, 0.2) is 0 Å². The SMILES string of the molecule is CC(Nc1ccccc1C(F)(F)F)C(=O)N1CCOCC1. The minimum absolute atomic E-state index is 0.0842. The van der Waals surface area contributed by atoms with Crippen molar-refractivity contribution in [3.05, 3.63) is 29.8 Å². The molecule has 0 bridgehead atoms. The van der Waals surface area contributed by atoms with Crippen molar-refractivity contribution in [2.24, 2.45) is 0 Å². The van der Waals surface area contributed by atoms with Gasteiger partial charge in [-0.1, -0.05) is 12.1 Å². The molecule has 1 aromatic rings. The van der Waals surface area contributed by atoms with Gasteiger partial charge in [0, 0.05) is 18.8 Å². The molecule has 1 amide bonds. The molecule has 0 saturated carbocycles. The van der Waals surface area contributed by atoms with Crippen LogP contribution in [0.3, 0.4) is 0 Å². The van der Waals surface area contributed by atoms with Gasteiger partial charge in [0.1, 0.15) is 6.04 Å². The Labute approximate surface area is 120 Å². The normalized spacial score (nSPS) is 17.4. The summed E-state index contributed by atoms with van der Waals surface area (Å²) < 4.78 is 43.9. The number of nitrogens with zero attached hydrogens (tertiary/aromatic N) is 1. The van der Waals surface area contributed by atoms with Crippen molar-refractivity contribution < 1.29 is 22.7 Å². The highest BCUT2D eigenvalue weighted by Gasteiger charge is 2.34. The fraction of sp³-hybridized carbons (Fsp3) is 0.500. The number of morpholine rings is 1. The Kier molecular flexibility index (Phi) is 4.72. The highest BCUT2D eigenvalue weighted by Crippen LogP contribution is 2.34. The van der Waals surface area contributed by atoms with E-state index in [1.165, 1.54) is 18.2 Å². The Morgan fingerprint density at radius 3 is 2.52 bits per heavy atom. The molecule has 0 aliphatic carbocycles. The van der Waals surface area contributed by atoms with Crippen molar-refractivity contribution in [2.45, 2.75) is 19.1 Å². The van der Waals surface area contributed by atoms with Gasteiger partial charge in [-0.3, -0.25) is 4.79 Å². The molecule has 1 heterocycles. The first-order valence-corrected chi connectivity index (χ1v) is 6.69. The van der Waals surface area contributed by atoms with Crippen molar-refractivity contribution in [3.8, 4) is 0 Å². The van der Waals surface area contributed by atoms with Crippen LogP contribution in [0.5, 0.6) is 0 Å². The number of anilines is 1. The highest BCUT2D eigenvalue weighted by molar-refractivity contribution is 5.84. The van der Waals surface area contributed by atoms with E-state index in [4.69, 9.17) is 4.74 Å². The summed E-state index contributed by atoms with van der Waals surface area (Å²) >= 11 is 0. The standard InChI is InChI=1S/C14H17F3N2O2/c1-10(13(20)19-6-8-21-9-7-19)18-12-5-3-2-4-11(12)14(15,16)17/h2-5,10,18H,6-9H2,1H3. The van der Waals surface area contributed by atoms with Crippen LogP contribution in [0.2, 0.25) is 0 Å². The number of halogens is 3. The average molecular weight is 302 g/mol. The van der Waals surface area contributed by atoms with E-state index in [-0.39, 0.29) is 11.6 Å². The summed E-state index contributed by atoms with van der Waals surface area (Å²) in [5.41, 5.74) is -0.856. The maximum atomic E-state index is 12.9. The van der Waals surface area contributed by atoms with Crippen LogP contribution in [0.25, 0.3) is 0 Å². The molecule has 1 fully saturated rings. The lowest BCUT2D eigenvalue weighted by Gasteiger charge is -2.30. The second-order valence-corrected chi connectivity index (χ2v) is 4.85. The minimum Gasteiger partial charge on any atom is -0.378 e. The predicted octanol–water partition coefficient (Wildman–Crippen LogP) is 2.36. The number of hydrogen-bond donors (Lipinski definition) is 1. The molecule has 1 unspecified atom stereocenters. The van der Waals surface area contributed by atoms with Crippen molar-refractivity contribution in [2.75, 3.05) is 31.6 Å². The third-order valence-corrected chi connectivity index (χ3v) is 3.30. The molecule has 0 spiro atoms. The number of benzene rings is 1. The molecule has 1 aliphatic heterocycles. The molecule has 1 atom stereocenters. The molecule has 4 nitrogen and oxygen atoms in total. The third-order valence-electron chi connectivity index (χ3n) is 3.30. The molecule has 1 aliphatic rings.